The smallest absolute Gasteiger partial charge is 0.234 e. The average Bonchev–Trinajstić information content (AvgIpc) is 2.20. The fourth-order valence-corrected chi connectivity index (χ4v) is 1.33. The summed E-state index contributed by atoms with van der Waals surface area (Å²) in [4.78, 5) is 12.2. The molecule has 70 valence electrons. The fourth-order valence-electron chi connectivity index (χ4n) is 1.33. The second kappa shape index (κ2) is 3.49. The predicted molar refractivity (Wildman–Crippen MR) is 51.2 cm³/mol. The summed E-state index contributed by atoms with van der Waals surface area (Å²) in [5, 5.41) is 0. The van der Waals surface area contributed by atoms with Crippen LogP contribution < -0.4 is 4.57 Å². The van der Waals surface area contributed by atoms with Crippen molar-refractivity contribution in [3.8, 4) is 11.3 Å². The van der Waals surface area contributed by atoms with Gasteiger partial charge >= 0.3 is 0 Å². The van der Waals surface area contributed by atoms with Crippen LogP contribution in [-0.2, 0) is 7.05 Å². The molecule has 0 N–H and O–H groups in total. The van der Waals surface area contributed by atoms with Gasteiger partial charge in [-0.2, -0.15) is 4.57 Å². The van der Waals surface area contributed by atoms with Crippen LogP contribution in [0.3, 0.4) is 0 Å². The number of rotatable bonds is 1. The van der Waals surface area contributed by atoms with E-state index in [1.54, 1.807) is 18.7 Å². The van der Waals surface area contributed by atoms with Gasteiger partial charge in [-0.15, -0.1) is 0 Å². The minimum Gasteiger partial charge on any atom is -0.252 e. The van der Waals surface area contributed by atoms with Crippen LogP contribution in [0.2, 0.25) is 0 Å². The Morgan fingerprint density at radius 1 is 1.21 bits per heavy atom. The van der Waals surface area contributed by atoms with E-state index in [0.29, 0.717) is 0 Å². The Morgan fingerprint density at radius 2 is 2.07 bits per heavy atom. The number of hydrogen-bond donors (Lipinski definition) is 0. The van der Waals surface area contributed by atoms with Gasteiger partial charge in [0.15, 0.2) is 6.20 Å². The van der Waals surface area contributed by atoms with E-state index in [4.69, 9.17) is 0 Å². The minimum atomic E-state index is 0.962. The molecule has 0 spiro atoms. The summed E-state index contributed by atoms with van der Waals surface area (Å²) in [7, 11) is 1.98. The third-order valence-electron chi connectivity index (χ3n) is 2.14. The normalized spacial score (nSPS) is 10.1. The van der Waals surface area contributed by atoms with Gasteiger partial charge in [0, 0.05) is 6.20 Å². The minimum absolute atomic E-state index is 0.962. The van der Waals surface area contributed by atoms with E-state index in [2.05, 4.69) is 15.0 Å². The third kappa shape index (κ3) is 1.46. The molecular weight excluding hydrogens is 176 g/mol. The second-order valence-electron chi connectivity index (χ2n) is 3.09. The lowest BCUT2D eigenvalue weighted by Crippen LogP contribution is -2.30. The van der Waals surface area contributed by atoms with Gasteiger partial charge in [-0.3, -0.25) is 4.98 Å². The van der Waals surface area contributed by atoms with Crippen molar-refractivity contribution in [2.24, 2.45) is 7.05 Å². The van der Waals surface area contributed by atoms with Crippen molar-refractivity contribution >= 4 is 0 Å². The van der Waals surface area contributed by atoms with Crippen molar-refractivity contribution in [1.82, 2.24) is 15.0 Å². The maximum absolute atomic E-state index is 4.14. The maximum Gasteiger partial charge on any atom is 0.234 e. The first-order valence-electron chi connectivity index (χ1n) is 4.35. The molecule has 0 aliphatic heterocycles. The van der Waals surface area contributed by atoms with Crippen molar-refractivity contribution in [3.05, 3.63) is 36.8 Å². The molecule has 0 saturated carbocycles. The molecule has 0 unspecified atom stereocenters. The molecule has 0 atom stereocenters. The summed E-state index contributed by atoms with van der Waals surface area (Å²) in [5.74, 6) is 0. The quantitative estimate of drug-likeness (QED) is 0.616. The van der Waals surface area contributed by atoms with E-state index in [0.717, 1.165) is 17.0 Å². The van der Waals surface area contributed by atoms with Crippen LogP contribution in [0.4, 0.5) is 0 Å². The van der Waals surface area contributed by atoms with Crippen LogP contribution in [0, 0.1) is 6.92 Å². The lowest BCUT2D eigenvalue weighted by Gasteiger charge is -2.00. The molecule has 0 radical (unpaired) electrons. The summed E-state index contributed by atoms with van der Waals surface area (Å²) < 4.78 is 2.00. The van der Waals surface area contributed by atoms with Crippen molar-refractivity contribution in [3.63, 3.8) is 0 Å². The Kier molecular flexibility index (Phi) is 2.18. The highest BCUT2D eigenvalue weighted by molar-refractivity contribution is 5.56. The molecule has 2 aromatic rings. The molecule has 0 aliphatic rings. The lowest BCUT2D eigenvalue weighted by atomic mass is 10.2. The van der Waals surface area contributed by atoms with E-state index in [1.807, 2.05) is 30.9 Å². The van der Waals surface area contributed by atoms with Crippen molar-refractivity contribution in [2.45, 2.75) is 6.92 Å². The van der Waals surface area contributed by atoms with Gasteiger partial charge in [0.05, 0.1) is 23.7 Å². The molecule has 2 rings (SSSR count). The largest absolute Gasteiger partial charge is 0.252 e. The van der Waals surface area contributed by atoms with E-state index < -0.39 is 0 Å². The zero-order chi connectivity index (χ0) is 9.97. The summed E-state index contributed by atoms with van der Waals surface area (Å²) in [6.07, 6.45) is 8.82. The van der Waals surface area contributed by atoms with E-state index in [1.165, 1.54) is 0 Å². The van der Waals surface area contributed by atoms with Crippen molar-refractivity contribution in [2.75, 3.05) is 0 Å². The van der Waals surface area contributed by atoms with Crippen LogP contribution in [0.1, 0.15) is 5.69 Å². The second-order valence-corrected chi connectivity index (χ2v) is 3.09. The summed E-state index contributed by atoms with van der Waals surface area (Å²) in [6, 6.07) is 0. The Bertz CT molecular complexity index is 410. The molecule has 0 amide bonds. The Balaban J connectivity index is 2.61. The highest BCUT2D eigenvalue weighted by atomic mass is 15.0. The van der Waals surface area contributed by atoms with Crippen molar-refractivity contribution in [1.29, 1.82) is 0 Å². The lowest BCUT2D eigenvalue weighted by molar-refractivity contribution is -0.660. The fraction of sp³-hybridized carbons (Fsp3) is 0.200. The first-order valence-corrected chi connectivity index (χ1v) is 4.35. The molecule has 4 heteroatoms. The van der Waals surface area contributed by atoms with Crippen LogP contribution in [-0.4, -0.2) is 15.0 Å². The van der Waals surface area contributed by atoms with E-state index >= 15 is 0 Å². The highest BCUT2D eigenvalue weighted by Gasteiger charge is 2.12. The third-order valence-corrected chi connectivity index (χ3v) is 2.14. The molecule has 4 nitrogen and oxygen atoms in total. The predicted octanol–water partition coefficient (Wildman–Crippen LogP) is 0.672. The van der Waals surface area contributed by atoms with Crippen LogP contribution >= 0.6 is 0 Å². The highest BCUT2D eigenvalue weighted by Crippen LogP contribution is 2.14. The summed E-state index contributed by atoms with van der Waals surface area (Å²) in [6.45, 7) is 1.96. The summed E-state index contributed by atoms with van der Waals surface area (Å²) in [5.41, 5.74) is 3.00. The zero-order valence-electron chi connectivity index (χ0n) is 8.18. The molecule has 2 aromatic heterocycles. The first kappa shape index (κ1) is 8.74. The van der Waals surface area contributed by atoms with Gasteiger partial charge in [-0.25, -0.2) is 9.97 Å². The number of aryl methyl sites for hydroxylation is 2. The van der Waals surface area contributed by atoms with Crippen molar-refractivity contribution < 1.29 is 4.57 Å². The van der Waals surface area contributed by atoms with Gasteiger partial charge < -0.3 is 0 Å². The van der Waals surface area contributed by atoms with Crippen LogP contribution in [0.15, 0.2) is 31.1 Å². The van der Waals surface area contributed by atoms with Gasteiger partial charge in [0.25, 0.3) is 0 Å². The zero-order valence-corrected chi connectivity index (χ0v) is 8.18. The van der Waals surface area contributed by atoms with Gasteiger partial charge in [0.1, 0.15) is 13.4 Å². The Morgan fingerprint density at radius 3 is 2.79 bits per heavy atom. The first-order chi connectivity index (χ1) is 6.79. The number of aromatic nitrogens is 4. The molecule has 0 fully saturated rings. The molecule has 14 heavy (non-hydrogen) atoms. The molecular formula is C10H11N4+. The maximum atomic E-state index is 4.14. The summed E-state index contributed by atoms with van der Waals surface area (Å²) >= 11 is 0. The topological polar surface area (TPSA) is 42.6 Å². The monoisotopic (exact) mass is 187 g/mol. The molecule has 0 bridgehead atoms. The van der Waals surface area contributed by atoms with E-state index in [-0.39, 0.29) is 0 Å². The van der Waals surface area contributed by atoms with E-state index in [9.17, 15) is 0 Å². The Labute approximate surface area is 82.3 Å². The van der Waals surface area contributed by atoms with Gasteiger partial charge in [0.2, 0.25) is 5.69 Å². The molecule has 0 saturated heterocycles. The average molecular weight is 187 g/mol. The van der Waals surface area contributed by atoms with Gasteiger partial charge in [-0.05, 0) is 6.92 Å². The molecule has 0 aromatic carbocycles. The standard InChI is InChI=1S/C10H11N4/c1-8-9(5-12-7-13-8)10-6-11-3-4-14(10)2/h3-7H,1-2H3/q+1. The Hall–Kier alpha value is -1.84. The van der Waals surface area contributed by atoms with Crippen LogP contribution in [0.25, 0.3) is 11.3 Å². The van der Waals surface area contributed by atoms with Gasteiger partial charge in [-0.1, -0.05) is 0 Å². The number of hydrogen-bond acceptors (Lipinski definition) is 3. The van der Waals surface area contributed by atoms with Crippen LogP contribution in [0.5, 0.6) is 0 Å². The molecule has 2 heterocycles. The molecule has 0 aliphatic carbocycles. The number of nitrogens with zero attached hydrogens (tertiary/aromatic N) is 4. The SMILES string of the molecule is Cc1ncncc1-c1cncc[n+]1C.